The van der Waals surface area contributed by atoms with E-state index in [1.54, 1.807) is 36.4 Å². The molecular weight excluding hydrogens is 325 g/mol. The minimum absolute atomic E-state index is 0.0980. The number of benzene rings is 2. The Hall–Kier alpha value is -1.75. The smallest absolute Gasteiger partial charge is 0.251 e. The summed E-state index contributed by atoms with van der Waals surface area (Å²) in [5, 5.41) is 12.3. The van der Waals surface area contributed by atoms with E-state index >= 15 is 0 Å². The molecular formula is C16H15Cl2NO3. The number of hydrogen-bond donors (Lipinski definition) is 2. The summed E-state index contributed by atoms with van der Waals surface area (Å²) in [7, 11) is 0. The van der Waals surface area contributed by atoms with Gasteiger partial charge in [-0.25, -0.2) is 0 Å². The first-order chi connectivity index (χ1) is 10.6. The van der Waals surface area contributed by atoms with E-state index in [0.717, 1.165) is 5.56 Å². The van der Waals surface area contributed by atoms with Gasteiger partial charge in [-0.2, -0.15) is 0 Å². The third kappa shape index (κ3) is 4.63. The molecule has 0 spiro atoms. The highest BCUT2D eigenvalue weighted by atomic mass is 35.5. The quantitative estimate of drug-likeness (QED) is 0.848. The van der Waals surface area contributed by atoms with Crippen LogP contribution in [0, 0.1) is 0 Å². The normalized spacial score (nSPS) is 10.3. The Morgan fingerprint density at radius 3 is 2.68 bits per heavy atom. The third-order valence-corrected chi connectivity index (χ3v) is 3.62. The fraction of sp³-hybridized carbons (Fsp3) is 0.188. The number of aliphatic hydroxyl groups is 1. The molecule has 0 bridgehead atoms. The van der Waals surface area contributed by atoms with E-state index in [9.17, 15) is 4.79 Å². The molecule has 0 saturated heterocycles. The van der Waals surface area contributed by atoms with Crippen molar-refractivity contribution in [1.29, 1.82) is 0 Å². The topological polar surface area (TPSA) is 58.6 Å². The molecule has 0 aliphatic carbocycles. The van der Waals surface area contributed by atoms with Gasteiger partial charge in [0.1, 0.15) is 12.4 Å². The Bertz CT molecular complexity index is 662. The Balaban J connectivity index is 2.01. The van der Waals surface area contributed by atoms with Gasteiger partial charge in [0.15, 0.2) is 0 Å². The molecule has 2 aromatic carbocycles. The number of halogens is 2. The second-order valence-corrected chi connectivity index (χ2v) is 5.36. The summed E-state index contributed by atoms with van der Waals surface area (Å²) in [6.45, 7) is 0.436. The van der Waals surface area contributed by atoms with Crippen molar-refractivity contribution in [2.24, 2.45) is 0 Å². The first kappa shape index (κ1) is 16.6. The van der Waals surface area contributed by atoms with E-state index in [2.05, 4.69) is 5.32 Å². The van der Waals surface area contributed by atoms with Crippen LogP contribution in [0.2, 0.25) is 10.0 Å². The van der Waals surface area contributed by atoms with Gasteiger partial charge >= 0.3 is 0 Å². The average molecular weight is 340 g/mol. The lowest BCUT2D eigenvalue weighted by atomic mass is 10.2. The molecule has 0 aliphatic rings. The van der Waals surface area contributed by atoms with Crippen molar-refractivity contribution in [3.8, 4) is 5.75 Å². The number of carbonyl (C=O) groups excluding carboxylic acids is 1. The minimum Gasteiger partial charge on any atom is -0.489 e. The fourth-order valence-electron chi connectivity index (χ4n) is 1.79. The molecule has 0 saturated carbocycles. The summed E-state index contributed by atoms with van der Waals surface area (Å²) in [6, 6.07) is 12.1. The number of aliphatic hydroxyl groups excluding tert-OH is 1. The van der Waals surface area contributed by atoms with Crippen LogP contribution in [0.25, 0.3) is 0 Å². The van der Waals surface area contributed by atoms with Gasteiger partial charge in [-0.1, -0.05) is 35.3 Å². The first-order valence-corrected chi connectivity index (χ1v) is 7.41. The van der Waals surface area contributed by atoms with Crippen molar-refractivity contribution in [3.63, 3.8) is 0 Å². The van der Waals surface area contributed by atoms with Crippen molar-refractivity contribution in [2.45, 2.75) is 6.61 Å². The third-order valence-electron chi connectivity index (χ3n) is 2.88. The van der Waals surface area contributed by atoms with E-state index in [-0.39, 0.29) is 19.1 Å². The van der Waals surface area contributed by atoms with E-state index < -0.39 is 0 Å². The summed E-state index contributed by atoms with van der Waals surface area (Å²) in [5.74, 6) is 0.316. The van der Waals surface area contributed by atoms with Crippen LogP contribution in [0.1, 0.15) is 15.9 Å². The summed E-state index contributed by atoms with van der Waals surface area (Å²) in [5.41, 5.74) is 1.35. The molecule has 0 fully saturated rings. The standard InChI is InChI=1S/C16H15Cl2NO3/c17-14-5-4-11(8-15(14)18)10-22-13-3-1-2-12(9-13)16(21)19-6-7-20/h1-5,8-9,20H,6-7,10H2,(H,19,21). The maximum atomic E-state index is 11.8. The summed E-state index contributed by atoms with van der Waals surface area (Å²) in [6.07, 6.45) is 0. The van der Waals surface area contributed by atoms with Crippen molar-refractivity contribution in [1.82, 2.24) is 5.32 Å². The highest BCUT2D eigenvalue weighted by Crippen LogP contribution is 2.23. The van der Waals surface area contributed by atoms with Crippen molar-refractivity contribution < 1.29 is 14.6 Å². The molecule has 6 heteroatoms. The monoisotopic (exact) mass is 339 g/mol. The van der Waals surface area contributed by atoms with Crippen LogP contribution in [0.5, 0.6) is 5.75 Å². The van der Waals surface area contributed by atoms with Gasteiger partial charge in [0.2, 0.25) is 0 Å². The molecule has 22 heavy (non-hydrogen) atoms. The lowest BCUT2D eigenvalue weighted by Gasteiger charge is -2.09. The summed E-state index contributed by atoms with van der Waals surface area (Å²) < 4.78 is 5.65. The van der Waals surface area contributed by atoms with Gasteiger partial charge in [-0.3, -0.25) is 4.79 Å². The fourth-order valence-corrected chi connectivity index (χ4v) is 2.12. The lowest BCUT2D eigenvalue weighted by molar-refractivity contribution is 0.0944. The maximum absolute atomic E-state index is 11.8. The average Bonchev–Trinajstić information content (AvgIpc) is 2.54. The van der Waals surface area contributed by atoms with Gasteiger partial charge in [0, 0.05) is 12.1 Å². The Kier molecular flexibility index (Phi) is 6.07. The zero-order valence-corrected chi connectivity index (χ0v) is 13.2. The van der Waals surface area contributed by atoms with Gasteiger partial charge in [0.25, 0.3) is 5.91 Å². The zero-order chi connectivity index (χ0) is 15.9. The molecule has 1 amide bonds. The SMILES string of the molecule is O=C(NCCO)c1cccc(OCc2ccc(Cl)c(Cl)c2)c1. The molecule has 116 valence electrons. The van der Waals surface area contributed by atoms with Crippen LogP contribution in [0.15, 0.2) is 42.5 Å². The Morgan fingerprint density at radius 1 is 1.14 bits per heavy atom. The van der Waals surface area contributed by atoms with Crippen LogP contribution in [-0.2, 0) is 6.61 Å². The number of ether oxygens (including phenoxy) is 1. The zero-order valence-electron chi connectivity index (χ0n) is 11.7. The van der Waals surface area contributed by atoms with E-state index in [0.29, 0.717) is 28.0 Å². The molecule has 2 rings (SSSR count). The highest BCUT2D eigenvalue weighted by Gasteiger charge is 2.06. The second-order valence-electron chi connectivity index (χ2n) is 4.54. The van der Waals surface area contributed by atoms with Gasteiger partial charge in [-0.05, 0) is 35.9 Å². The largest absolute Gasteiger partial charge is 0.489 e. The van der Waals surface area contributed by atoms with Crippen molar-refractivity contribution in [2.75, 3.05) is 13.2 Å². The predicted octanol–water partition coefficient (Wildman–Crippen LogP) is 3.29. The molecule has 0 heterocycles. The van der Waals surface area contributed by atoms with Crippen molar-refractivity contribution >= 4 is 29.1 Å². The molecule has 0 unspecified atom stereocenters. The Morgan fingerprint density at radius 2 is 1.95 bits per heavy atom. The predicted molar refractivity (Wildman–Crippen MR) is 86.7 cm³/mol. The van der Waals surface area contributed by atoms with Crippen LogP contribution >= 0.6 is 23.2 Å². The van der Waals surface area contributed by atoms with E-state index in [1.807, 2.05) is 6.07 Å². The first-order valence-electron chi connectivity index (χ1n) is 6.66. The van der Waals surface area contributed by atoms with Crippen LogP contribution in [-0.4, -0.2) is 24.2 Å². The number of hydrogen-bond acceptors (Lipinski definition) is 3. The molecule has 2 aromatic rings. The highest BCUT2D eigenvalue weighted by molar-refractivity contribution is 6.42. The second kappa shape index (κ2) is 8.03. The summed E-state index contributed by atoms with van der Waals surface area (Å²) >= 11 is 11.8. The molecule has 0 aromatic heterocycles. The molecule has 2 N–H and O–H groups in total. The maximum Gasteiger partial charge on any atom is 0.251 e. The van der Waals surface area contributed by atoms with Crippen LogP contribution < -0.4 is 10.1 Å². The number of carbonyl (C=O) groups is 1. The van der Waals surface area contributed by atoms with Crippen LogP contribution in [0.4, 0.5) is 0 Å². The molecule has 0 atom stereocenters. The van der Waals surface area contributed by atoms with Gasteiger partial charge in [0.05, 0.1) is 16.7 Å². The molecule has 0 radical (unpaired) electrons. The number of amides is 1. The van der Waals surface area contributed by atoms with Gasteiger partial charge < -0.3 is 15.2 Å². The Labute approximate surface area is 138 Å². The van der Waals surface area contributed by atoms with E-state index in [1.165, 1.54) is 0 Å². The lowest BCUT2D eigenvalue weighted by Crippen LogP contribution is -2.26. The molecule has 0 aliphatic heterocycles. The van der Waals surface area contributed by atoms with Crippen LogP contribution in [0.3, 0.4) is 0 Å². The van der Waals surface area contributed by atoms with Gasteiger partial charge in [-0.15, -0.1) is 0 Å². The van der Waals surface area contributed by atoms with Crippen molar-refractivity contribution in [3.05, 3.63) is 63.6 Å². The molecule has 4 nitrogen and oxygen atoms in total. The minimum atomic E-state index is -0.256. The number of nitrogens with one attached hydrogen (secondary N) is 1. The summed E-state index contributed by atoms with van der Waals surface area (Å²) in [4.78, 5) is 11.8. The number of rotatable bonds is 6. The van der Waals surface area contributed by atoms with E-state index in [4.69, 9.17) is 33.0 Å².